The maximum atomic E-state index is 12.6. The highest BCUT2D eigenvalue weighted by molar-refractivity contribution is 7.98. The molecule has 0 radical (unpaired) electrons. The molecule has 2 heterocycles. The van der Waals surface area contributed by atoms with Gasteiger partial charge in [-0.3, -0.25) is 9.59 Å². The summed E-state index contributed by atoms with van der Waals surface area (Å²) in [6, 6.07) is 3.91. The SMILES string of the molecule is CSc1nc2nc(C)c(CC(=O)OCC(=O)c3c(C)cc(C)cc3C)c(C)n2n1. The molecule has 0 saturated heterocycles. The number of carbonyl (C=O) groups excluding carboxylic acids is 2. The number of esters is 1. The molecule has 152 valence electrons. The summed E-state index contributed by atoms with van der Waals surface area (Å²) < 4.78 is 6.92. The number of aryl methyl sites for hydroxylation is 5. The van der Waals surface area contributed by atoms with Gasteiger partial charge in [0, 0.05) is 22.5 Å². The average molecular weight is 413 g/mol. The van der Waals surface area contributed by atoms with Crippen molar-refractivity contribution in [3.05, 3.63) is 51.3 Å². The van der Waals surface area contributed by atoms with Crippen LogP contribution < -0.4 is 0 Å². The van der Waals surface area contributed by atoms with Gasteiger partial charge < -0.3 is 4.74 Å². The van der Waals surface area contributed by atoms with Gasteiger partial charge in [-0.2, -0.15) is 4.98 Å². The van der Waals surface area contributed by atoms with Crippen molar-refractivity contribution < 1.29 is 14.3 Å². The van der Waals surface area contributed by atoms with Crippen LogP contribution in [0.1, 0.15) is 44.0 Å². The summed E-state index contributed by atoms with van der Waals surface area (Å²) in [7, 11) is 0. The van der Waals surface area contributed by atoms with E-state index in [1.807, 2.05) is 53.0 Å². The maximum absolute atomic E-state index is 12.6. The Labute approximate surface area is 173 Å². The molecule has 0 saturated carbocycles. The van der Waals surface area contributed by atoms with Crippen molar-refractivity contribution in [1.82, 2.24) is 19.6 Å². The Kier molecular flexibility index (Phi) is 6.02. The van der Waals surface area contributed by atoms with E-state index >= 15 is 0 Å². The molecule has 3 aromatic rings. The summed E-state index contributed by atoms with van der Waals surface area (Å²) in [6.45, 7) is 9.19. The van der Waals surface area contributed by atoms with E-state index in [4.69, 9.17) is 4.74 Å². The van der Waals surface area contributed by atoms with Crippen molar-refractivity contribution >= 4 is 29.3 Å². The number of benzene rings is 1. The lowest BCUT2D eigenvalue weighted by Crippen LogP contribution is -2.19. The predicted molar refractivity (Wildman–Crippen MR) is 112 cm³/mol. The van der Waals surface area contributed by atoms with Crippen molar-refractivity contribution in [3.63, 3.8) is 0 Å². The fraction of sp³-hybridized carbons (Fsp3) is 0.381. The highest BCUT2D eigenvalue weighted by Gasteiger charge is 2.19. The molecule has 0 bridgehead atoms. The van der Waals surface area contributed by atoms with Gasteiger partial charge >= 0.3 is 5.97 Å². The summed E-state index contributed by atoms with van der Waals surface area (Å²) in [4.78, 5) is 33.8. The molecule has 0 aliphatic carbocycles. The summed E-state index contributed by atoms with van der Waals surface area (Å²) >= 11 is 1.43. The van der Waals surface area contributed by atoms with Crippen molar-refractivity contribution in [3.8, 4) is 0 Å². The molecule has 3 rings (SSSR count). The quantitative estimate of drug-likeness (QED) is 0.348. The normalized spacial score (nSPS) is 11.1. The van der Waals surface area contributed by atoms with Crippen molar-refractivity contribution in [2.45, 2.75) is 46.2 Å². The fourth-order valence-corrected chi connectivity index (χ4v) is 3.90. The first-order valence-electron chi connectivity index (χ1n) is 9.24. The third-order valence-corrected chi connectivity index (χ3v) is 5.39. The number of rotatable bonds is 6. The van der Waals surface area contributed by atoms with Crippen molar-refractivity contribution in [2.75, 3.05) is 12.9 Å². The van der Waals surface area contributed by atoms with E-state index in [0.29, 0.717) is 22.2 Å². The molecular weight excluding hydrogens is 388 g/mol. The van der Waals surface area contributed by atoms with Gasteiger partial charge in [0.25, 0.3) is 5.78 Å². The second-order valence-corrected chi connectivity index (χ2v) is 7.88. The number of ether oxygens (including phenoxy) is 1. The number of hydrogen-bond acceptors (Lipinski definition) is 7. The van der Waals surface area contributed by atoms with Crippen LogP contribution in [0.2, 0.25) is 0 Å². The van der Waals surface area contributed by atoms with Gasteiger partial charge in [-0.15, -0.1) is 5.10 Å². The van der Waals surface area contributed by atoms with E-state index in [1.54, 1.807) is 4.52 Å². The van der Waals surface area contributed by atoms with Gasteiger partial charge in [0.15, 0.2) is 6.61 Å². The number of nitrogens with zero attached hydrogens (tertiary/aromatic N) is 4. The van der Waals surface area contributed by atoms with Crippen LogP contribution in [0.4, 0.5) is 0 Å². The van der Waals surface area contributed by atoms with Gasteiger partial charge in [-0.1, -0.05) is 29.5 Å². The Hall–Kier alpha value is -2.74. The van der Waals surface area contributed by atoms with Gasteiger partial charge in [0.1, 0.15) is 0 Å². The van der Waals surface area contributed by atoms with E-state index in [2.05, 4.69) is 15.1 Å². The molecule has 0 aliphatic rings. The van der Waals surface area contributed by atoms with E-state index in [1.165, 1.54) is 11.8 Å². The van der Waals surface area contributed by atoms with E-state index in [0.717, 1.165) is 27.9 Å². The monoisotopic (exact) mass is 412 g/mol. The number of fused-ring (bicyclic) bond motifs is 1. The molecule has 29 heavy (non-hydrogen) atoms. The Morgan fingerprint density at radius 1 is 1.07 bits per heavy atom. The minimum absolute atomic E-state index is 0.0220. The minimum Gasteiger partial charge on any atom is -0.457 e. The number of hydrogen-bond donors (Lipinski definition) is 0. The summed E-state index contributed by atoms with van der Waals surface area (Å²) in [5.41, 5.74) is 5.71. The Bertz CT molecular complexity index is 1100. The average Bonchev–Trinajstić information content (AvgIpc) is 3.06. The first kappa shape index (κ1) is 21.0. The molecule has 0 atom stereocenters. The Balaban J connectivity index is 1.74. The standard InChI is InChI=1S/C21H24N4O3S/c1-11-7-12(2)19(13(3)8-11)17(26)10-28-18(27)9-16-14(4)22-20-23-21(29-6)24-25(20)15(16)5/h7-8H,9-10H2,1-6H3. The summed E-state index contributed by atoms with van der Waals surface area (Å²) in [5.74, 6) is -0.170. The van der Waals surface area contributed by atoms with Crippen LogP contribution in [-0.4, -0.2) is 44.2 Å². The molecule has 0 unspecified atom stereocenters. The van der Waals surface area contributed by atoms with Gasteiger partial charge in [0.05, 0.1) is 6.42 Å². The molecular formula is C21H24N4O3S. The molecule has 8 heteroatoms. The van der Waals surface area contributed by atoms with Crippen molar-refractivity contribution in [1.29, 1.82) is 0 Å². The Morgan fingerprint density at radius 3 is 2.34 bits per heavy atom. The zero-order valence-electron chi connectivity index (χ0n) is 17.5. The van der Waals surface area contributed by atoms with E-state index in [9.17, 15) is 9.59 Å². The van der Waals surface area contributed by atoms with Gasteiger partial charge in [0.2, 0.25) is 10.9 Å². The first-order chi connectivity index (χ1) is 13.7. The maximum Gasteiger partial charge on any atom is 0.310 e. The second-order valence-electron chi connectivity index (χ2n) is 7.11. The minimum atomic E-state index is -0.474. The molecule has 2 aromatic heterocycles. The topological polar surface area (TPSA) is 86.5 Å². The number of ketones is 1. The smallest absolute Gasteiger partial charge is 0.310 e. The lowest BCUT2D eigenvalue weighted by atomic mass is 9.97. The molecule has 0 N–H and O–H groups in total. The van der Waals surface area contributed by atoms with Gasteiger partial charge in [-0.05, 0) is 52.0 Å². The molecule has 0 amide bonds. The third-order valence-electron chi connectivity index (χ3n) is 4.85. The van der Waals surface area contributed by atoms with Crippen LogP contribution in [0.25, 0.3) is 5.78 Å². The van der Waals surface area contributed by atoms with E-state index in [-0.39, 0.29) is 18.8 Å². The largest absolute Gasteiger partial charge is 0.457 e. The zero-order valence-corrected chi connectivity index (χ0v) is 18.3. The highest BCUT2D eigenvalue weighted by Crippen LogP contribution is 2.19. The number of thioether (sulfide) groups is 1. The van der Waals surface area contributed by atoms with Crippen LogP contribution in [0, 0.1) is 34.6 Å². The predicted octanol–water partition coefficient (Wildman–Crippen LogP) is 3.36. The lowest BCUT2D eigenvalue weighted by Gasteiger charge is -2.12. The summed E-state index contributed by atoms with van der Waals surface area (Å²) in [5, 5.41) is 5.00. The lowest BCUT2D eigenvalue weighted by molar-refractivity contribution is -0.141. The number of Topliss-reactive ketones (excluding diaryl/α,β-unsaturated/α-hetero) is 1. The summed E-state index contributed by atoms with van der Waals surface area (Å²) in [6.07, 6.45) is 1.91. The van der Waals surface area contributed by atoms with Crippen LogP contribution in [0.3, 0.4) is 0 Å². The molecule has 0 aliphatic heterocycles. The fourth-order valence-electron chi connectivity index (χ4n) is 3.57. The molecule has 0 spiro atoms. The van der Waals surface area contributed by atoms with Crippen LogP contribution in [0.15, 0.2) is 17.3 Å². The van der Waals surface area contributed by atoms with Gasteiger partial charge in [-0.25, -0.2) is 9.50 Å². The Morgan fingerprint density at radius 2 is 1.72 bits per heavy atom. The van der Waals surface area contributed by atoms with E-state index < -0.39 is 5.97 Å². The van der Waals surface area contributed by atoms with Crippen LogP contribution in [0.5, 0.6) is 0 Å². The first-order valence-corrected chi connectivity index (χ1v) is 10.5. The second kappa shape index (κ2) is 8.32. The third kappa shape index (κ3) is 4.32. The number of carbonyl (C=O) groups is 2. The number of aromatic nitrogens is 4. The molecule has 1 aromatic carbocycles. The highest BCUT2D eigenvalue weighted by atomic mass is 32.2. The zero-order chi connectivity index (χ0) is 21.3. The van der Waals surface area contributed by atoms with Crippen molar-refractivity contribution in [2.24, 2.45) is 0 Å². The van der Waals surface area contributed by atoms with Crippen LogP contribution in [-0.2, 0) is 16.0 Å². The molecule has 0 fully saturated rings. The van der Waals surface area contributed by atoms with Crippen LogP contribution >= 0.6 is 11.8 Å². The molecule has 7 nitrogen and oxygen atoms in total.